The Morgan fingerprint density at radius 2 is 1.86 bits per heavy atom. The summed E-state index contributed by atoms with van der Waals surface area (Å²) in [5.74, 6) is -0.0111. The van der Waals surface area contributed by atoms with Crippen LogP contribution >= 0.6 is 11.3 Å². The summed E-state index contributed by atoms with van der Waals surface area (Å²) in [4.78, 5) is 15.8. The van der Waals surface area contributed by atoms with Crippen molar-refractivity contribution in [1.82, 2.24) is 9.91 Å². The zero-order chi connectivity index (χ0) is 20.9. The molecule has 0 atom stereocenters. The highest BCUT2D eigenvalue weighted by Crippen LogP contribution is 2.34. The lowest BCUT2D eigenvalue weighted by molar-refractivity contribution is -0.216. The number of halogens is 3. The van der Waals surface area contributed by atoms with E-state index in [4.69, 9.17) is 0 Å². The molecule has 156 valence electrons. The van der Waals surface area contributed by atoms with Crippen LogP contribution < -0.4 is 0 Å². The number of amides is 1. The van der Waals surface area contributed by atoms with Crippen molar-refractivity contribution in [3.8, 4) is 0 Å². The van der Waals surface area contributed by atoms with Crippen LogP contribution in [0.25, 0.3) is 0 Å². The molecule has 1 saturated heterocycles. The normalized spacial score (nSPS) is 16.2. The van der Waals surface area contributed by atoms with Crippen molar-refractivity contribution < 1.29 is 18.0 Å². The molecule has 1 aromatic rings. The number of hydrogen-bond donors (Lipinski definition) is 0. The number of carbonyl (C=O) groups excluding carboxylic acids is 1. The van der Waals surface area contributed by atoms with Crippen LogP contribution in [0.15, 0.2) is 29.9 Å². The minimum Gasteiger partial charge on any atom is -0.338 e. The van der Waals surface area contributed by atoms with Crippen molar-refractivity contribution >= 4 is 23.0 Å². The van der Waals surface area contributed by atoms with Crippen LogP contribution in [-0.2, 0) is 0 Å². The zero-order valence-electron chi connectivity index (χ0n) is 16.7. The van der Waals surface area contributed by atoms with Crippen LogP contribution in [0, 0.1) is 0 Å². The highest BCUT2D eigenvalue weighted by molar-refractivity contribution is 7.16. The molecule has 2 rings (SSSR count). The second-order valence-corrected chi connectivity index (χ2v) is 8.55. The predicted octanol–water partition coefficient (Wildman–Crippen LogP) is 5.32. The van der Waals surface area contributed by atoms with Crippen LogP contribution in [-0.4, -0.2) is 53.4 Å². The molecule has 0 radical (unpaired) electrons. The Bertz CT molecular complexity index is 719. The third kappa shape index (κ3) is 5.16. The Balaban J connectivity index is 2.27. The van der Waals surface area contributed by atoms with E-state index in [1.807, 2.05) is 4.90 Å². The van der Waals surface area contributed by atoms with Gasteiger partial charge in [0.05, 0.1) is 15.5 Å². The standard InChI is InChI=1S/C20H28F3N3OS/c1-5-6-10-15(24-25(4)19(2,3)20(21,22)23)16-11-12-17(28-16)18(27)26-13-8-7-9-14-26/h5,11-12H,1,6-10,13-14H2,2-4H3/b24-15+. The van der Waals surface area contributed by atoms with Gasteiger partial charge in [-0.1, -0.05) is 6.08 Å². The van der Waals surface area contributed by atoms with Gasteiger partial charge in [0.2, 0.25) is 0 Å². The van der Waals surface area contributed by atoms with Gasteiger partial charge < -0.3 is 4.90 Å². The van der Waals surface area contributed by atoms with Gasteiger partial charge in [0.25, 0.3) is 5.91 Å². The van der Waals surface area contributed by atoms with Gasteiger partial charge in [0.1, 0.15) is 5.54 Å². The highest BCUT2D eigenvalue weighted by atomic mass is 32.1. The van der Waals surface area contributed by atoms with Crippen molar-refractivity contribution in [2.45, 2.75) is 57.7 Å². The molecule has 1 aliphatic rings. The summed E-state index contributed by atoms with van der Waals surface area (Å²) in [6.45, 7) is 7.39. The maximum Gasteiger partial charge on any atom is 0.412 e. The molecule has 0 saturated carbocycles. The van der Waals surface area contributed by atoms with Crippen LogP contribution in [0.4, 0.5) is 13.2 Å². The van der Waals surface area contributed by atoms with Gasteiger partial charge in [-0.15, -0.1) is 17.9 Å². The summed E-state index contributed by atoms with van der Waals surface area (Å²) >= 11 is 1.29. The van der Waals surface area contributed by atoms with Crippen molar-refractivity contribution in [2.75, 3.05) is 20.1 Å². The Morgan fingerprint density at radius 1 is 1.25 bits per heavy atom. The Labute approximate surface area is 168 Å². The summed E-state index contributed by atoms with van der Waals surface area (Å²) in [6, 6.07) is 3.52. The van der Waals surface area contributed by atoms with Crippen molar-refractivity contribution in [3.63, 3.8) is 0 Å². The lowest BCUT2D eigenvalue weighted by atomic mass is 10.1. The Hall–Kier alpha value is -1.83. The van der Waals surface area contributed by atoms with Crippen LogP contribution in [0.2, 0.25) is 0 Å². The number of rotatable bonds is 7. The largest absolute Gasteiger partial charge is 0.412 e. The molecule has 2 heterocycles. The van der Waals surface area contributed by atoms with E-state index in [0.717, 1.165) is 51.2 Å². The van der Waals surface area contributed by atoms with E-state index in [0.29, 0.717) is 28.3 Å². The summed E-state index contributed by atoms with van der Waals surface area (Å²) < 4.78 is 40.0. The summed E-state index contributed by atoms with van der Waals surface area (Å²) in [5, 5.41) is 5.23. The molecule has 1 aromatic heterocycles. The Morgan fingerprint density at radius 3 is 2.43 bits per heavy atom. The van der Waals surface area contributed by atoms with Crippen LogP contribution in [0.5, 0.6) is 0 Å². The molecule has 4 nitrogen and oxygen atoms in total. The second kappa shape index (κ2) is 9.11. The first-order chi connectivity index (χ1) is 13.1. The molecule has 8 heteroatoms. The molecule has 0 spiro atoms. The van der Waals surface area contributed by atoms with Crippen molar-refractivity contribution in [3.05, 3.63) is 34.5 Å². The van der Waals surface area contributed by atoms with Crippen molar-refractivity contribution in [2.24, 2.45) is 5.10 Å². The fourth-order valence-electron chi connectivity index (χ4n) is 2.81. The summed E-state index contributed by atoms with van der Waals surface area (Å²) in [6.07, 6.45) is 1.49. The highest BCUT2D eigenvalue weighted by Gasteiger charge is 2.50. The molecule has 28 heavy (non-hydrogen) atoms. The van der Waals surface area contributed by atoms with Gasteiger partial charge in [0.15, 0.2) is 0 Å². The lowest BCUT2D eigenvalue weighted by Crippen LogP contribution is -2.50. The second-order valence-electron chi connectivity index (χ2n) is 7.47. The van der Waals surface area contributed by atoms with Gasteiger partial charge in [-0.05, 0) is 58.1 Å². The van der Waals surface area contributed by atoms with E-state index in [-0.39, 0.29) is 5.91 Å². The monoisotopic (exact) mass is 415 g/mol. The van der Waals surface area contributed by atoms with E-state index in [2.05, 4.69) is 11.7 Å². The van der Waals surface area contributed by atoms with E-state index in [9.17, 15) is 18.0 Å². The van der Waals surface area contributed by atoms with Gasteiger partial charge >= 0.3 is 6.18 Å². The number of hydrogen-bond acceptors (Lipinski definition) is 4. The van der Waals surface area contributed by atoms with Gasteiger partial charge in [-0.25, -0.2) is 0 Å². The van der Waals surface area contributed by atoms with E-state index >= 15 is 0 Å². The molecule has 1 aliphatic heterocycles. The van der Waals surface area contributed by atoms with Crippen LogP contribution in [0.1, 0.15) is 60.5 Å². The first-order valence-corrected chi connectivity index (χ1v) is 10.3. The predicted molar refractivity (Wildman–Crippen MR) is 108 cm³/mol. The molecular weight excluding hydrogens is 387 g/mol. The summed E-state index contributed by atoms with van der Waals surface area (Å²) in [5.41, 5.74) is -1.57. The van der Waals surface area contributed by atoms with Gasteiger partial charge in [-0.3, -0.25) is 9.80 Å². The number of hydrazone groups is 1. The van der Waals surface area contributed by atoms with Crippen molar-refractivity contribution in [1.29, 1.82) is 0 Å². The first-order valence-electron chi connectivity index (χ1n) is 9.46. The fraction of sp³-hybridized carbons (Fsp3) is 0.600. The molecule has 1 amide bonds. The van der Waals surface area contributed by atoms with Gasteiger partial charge in [0, 0.05) is 20.1 Å². The molecule has 1 fully saturated rings. The third-order valence-corrected chi connectivity index (χ3v) is 6.23. The number of carbonyl (C=O) groups is 1. The number of allylic oxidation sites excluding steroid dienone is 1. The number of piperidine rings is 1. The molecule has 0 N–H and O–H groups in total. The van der Waals surface area contributed by atoms with E-state index < -0.39 is 11.7 Å². The average Bonchev–Trinajstić information content (AvgIpc) is 3.14. The minimum atomic E-state index is -4.42. The quantitative estimate of drug-likeness (QED) is 0.343. The smallest absolute Gasteiger partial charge is 0.338 e. The first kappa shape index (κ1) is 22.5. The number of alkyl halides is 3. The molecule has 0 aromatic carbocycles. The molecular formula is C20H28F3N3OS. The number of thiophene rings is 1. The molecule has 0 aliphatic carbocycles. The number of likely N-dealkylation sites (tertiary alicyclic amines) is 1. The lowest BCUT2D eigenvalue weighted by Gasteiger charge is -2.35. The zero-order valence-corrected chi connectivity index (χ0v) is 17.5. The minimum absolute atomic E-state index is 0.0111. The topological polar surface area (TPSA) is 35.9 Å². The fourth-order valence-corrected chi connectivity index (χ4v) is 3.80. The molecule has 0 bridgehead atoms. The molecule has 0 unspecified atom stereocenters. The number of nitrogens with zero attached hydrogens (tertiary/aromatic N) is 3. The third-order valence-electron chi connectivity index (χ3n) is 5.10. The summed E-state index contributed by atoms with van der Waals surface area (Å²) in [7, 11) is 1.33. The van der Waals surface area contributed by atoms with E-state index in [1.165, 1.54) is 18.4 Å². The van der Waals surface area contributed by atoms with E-state index in [1.54, 1.807) is 18.2 Å². The van der Waals surface area contributed by atoms with Gasteiger partial charge in [-0.2, -0.15) is 18.3 Å². The Kier molecular flexibility index (Phi) is 7.31. The maximum absolute atomic E-state index is 13.3. The SMILES string of the molecule is C=CCC/C(=N\N(C)C(C)(C)C(F)(F)F)c1ccc(C(=O)N2CCCCC2)s1. The maximum atomic E-state index is 13.3. The van der Waals surface area contributed by atoms with Crippen LogP contribution in [0.3, 0.4) is 0 Å². The average molecular weight is 416 g/mol.